The van der Waals surface area contributed by atoms with Gasteiger partial charge in [-0.1, -0.05) is 24.4 Å². The van der Waals surface area contributed by atoms with Crippen molar-refractivity contribution in [2.75, 3.05) is 0 Å². The van der Waals surface area contributed by atoms with E-state index in [2.05, 4.69) is 10.1 Å². The molecule has 6 nitrogen and oxygen atoms in total. The van der Waals surface area contributed by atoms with E-state index in [-0.39, 0.29) is 17.5 Å². The minimum absolute atomic E-state index is 0.179. The number of rotatable bonds is 3. The number of phenols is 2. The number of benzene rings is 1. The van der Waals surface area contributed by atoms with E-state index in [0.717, 1.165) is 12.8 Å². The molecule has 1 atom stereocenters. The Hall–Kier alpha value is -2.08. The molecule has 1 aromatic heterocycles. The largest absolute Gasteiger partial charge is 0.504 e. The van der Waals surface area contributed by atoms with Crippen LogP contribution in [0.25, 0.3) is 11.4 Å². The van der Waals surface area contributed by atoms with E-state index in [9.17, 15) is 10.2 Å². The van der Waals surface area contributed by atoms with Crippen molar-refractivity contribution in [2.45, 2.75) is 38.1 Å². The maximum atomic E-state index is 9.52. The van der Waals surface area contributed by atoms with Crippen LogP contribution in [0.15, 0.2) is 22.7 Å². The van der Waals surface area contributed by atoms with Crippen LogP contribution in [0.1, 0.15) is 44.0 Å². The Balaban J connectivity index is 1.80. The van der Waals surface area contributed by atoms with Gasteiger partial charge < -0.3 is 20.5 Å². The van der Waals surface area contributed by atoms with Gasteiger partial charge in [0, 0.05) is 5.56 Å². The minimum atomic E-state index is -0.239. The van der Waals surface area contributed by atoms with Crippen molar-refractivity contribution < 1.29 is 14.7 Å². The van der Waals surface area contributed by atoms with Gasteiger partial charge in [0.1, 0.15) is 0 Å². The summed E-state index contributed by atoms with van der Waals surface area (Å²) in [7, 11) is 0. The highest BCUT2D eigenvalue weighted by Gasteiger charge is 2.26. The van der Waals surface area contributed by atoms with Gasteiger partial charge in [0.25, 0.3) is 0 Å². The van der Waals surface area contributed by atoms with Crippen LogP contribution in [-0.2, 0) is 0 Å². The Labute approximate surface area is 122 Å². The summed E-state index contributed by atoms with van der Waals surface area (Å²) in [4.78, 5) is 4.33. The van der Waals surface area contributed by atoms with Crippen molar-refractivity contribution in [3.8, 4) is 22.9 Å². The smallest absolute Gasteiger partial charge is 0.244 e. The summed E-state index contributed by atoms with van der Waals surface area (Å²) in [5.74, 6) is 0.799. The van der Waals surface area contributed by atoms with Crippen LogP contribution in [-0.4, -0.2) is 20.4 Å². The number of aromatic nitrogens is 2. The van der Waals surface area contributed by atoms with Gasteiger partial charge in [0.15, 0.2) is 11.5 Å². The molecule has 1 heterocycles. The Morgan fingerprint density at radius 1 is 1.14 bits per heavy atom. The third-order valence-corrected chi connectivity index (χ3v) is 4.12. The zero-order valence-corrected chi connectivity index (χ0v) is 11.7. The second-order valence-electron chi connectivity index (χ2n) is 5.58. The van der Waals surface area contributed by atoms with Gasteiger partial charge >= 0.3 is 0 Å². The number of nitrogens with zero attached hydrogens (tertiary/aromatic N) is 2. The summed E-state index contributed by atoms with van der Waals surface area (Å²) < 4.78 is 5.27. The Morgan fingerprint density at radius 3 is 2.62 bits per heavy atom. The summed E-state index contributed by atoms with van der Waals surface area (Å²) in [6.07, 6.45) is 5.86. The minimum Gasteiger partial charge on any atom is -0.504 e. The first-order chi connectivity index (χ1) is 10.1. The lowest BCUT2D eigenvalue weighted by Crippen LogP contribution is -2.23. The molecular weight excluding hydrogens is 270 g/mol. The molecule has 1 fully saturated rings. The molecule has 1 aliphatic rings. The number of hydrogen-bond donors (Lipinski definition) is 3. The Bertz CT molecular complexity index is 620. The van der Waals surface area contributed by atoms with Crippen molar-refractivity contribution in [1.29, 1.82) is 0 Å². The van der Waals surface area contributed by atoms with Crippen molar-refractivity contribution in [3.05, 3.63) is 24.1 Å². The fourth-order valence-electron chi connectivity index (χ4n) is 2.85. The van der Waals surface area contributed by atoms with Crippen LogP contribution in [0.4, 0.5) is 0 Å². The average Bonchev–Trinajstić information content (AvgIpc) is 3.00. The predicted molar refractivity (Wildman–Crippen MR) is 76.6 cm³/mol. The molecule has 0 amide bonds. The second kappa shape index (κ2) is 5.73. The molecule has 0 aliphatic heterocycles. The van der Waals surface area contributed by atoms with Gasteiger partial charge in [-0.15, -0.1) is 0 Å². The number of aromatic hydroxyl groups is 2. The molecule has 0 radical (unpaired) electrons. The van der Waals surface area contributed by atoms with Crippen LogP contribution < -0.4 is 5.73 Å². The molecule has 112 valence electrons. The lowest BCUT2D eigenvalue weighted by atomic mass is 9.84. The van der Waals surface area contributed by atoms with E-state index < -0.39 is 0 Å². The molecule has 4 N–H and O–H groups in total. The molecular formula is C15H19N3O3. The standard InChI is InChI=1S/C15H19N3O3/c16-13(9-4-2-1-3-5-9)15-17-14(18-21-15)10-6-7-11(19)12(20)8-10/h6-9,13,19-20H,1-5,16H2. The molecule has 1 saturated carbocycles. The third kappa shape index (κ3) is 2.85. The molecule has 0 spiro atoms. The summed E-state index contributed by atoms with van der Waals surface area (Å²) in [6.45, 7) is 0. The second-order valence-corrected chi connectivity index (χ2v) is 5.58. The maximum absolute atomic E-state index is 9.52. The van der Waals surface area contributed by atoms with Gasteiger partial charge in [-0.2, -0.15) is 4.98 Å². The topological polar surface area (TPSA) is 105 Å². The lowest BCUT2D eigenvalue weighted by Gasteiger charge is -2.24. The molecule has 1 unspecified atom stereocenters. The summed E-state index contributed by atoms with van der Waals surface area (Å²) in [5, 5.41) is 22.8. The summed E-state index contributed by atoms with van der Waals surface area (Å²) in [5.41, 5.74) is 6.81. The zero-order valence-electron chi connectivity index (χ0n) is 11.7. The summed E-state index contributed by atoms with van der Waals surface area (Å²) >= 11 is 0. The van der Waals surface area contributed by atoms with Crippen molar-refractivity contribution in [2.24, 2.45) is 11.7 Å². The van der Waals surface area contributed by atoms with Crippen molar-refractivity contribution in [1.82, 2.24) is 10.1 Å². The van der Waals surface area contributed by atoms with Crippen LogP contribution >= 0.6 is 0 Å². The molecule has 21 heavy (non-hydrogen) atoms. The SMILES string of the molecule is NC(c1nc(-c2ccc(O)c(O)c2)no1)C1CCCCC1. The Kier molecular flexibility index (Phi) is 3.79. The fraction of sp³-hybridized carbons (Fsp3) is 0.467. The quantitative estimate of drug-likeness (QED) is 0.750. The molecule has 1 aliphatic carbocycles. The third-order valence-electron chi connectivity index (χ3n) is 4.12. The van der Waals surface area contributed by atoms with Gasteiger partial charge in [0.05, 0.1) is 6.04 Å². The van der Waals surface area contributed by atoms with E-state index in [1.165, 1.54) is 31.4 Å². The summed E-state index contributed by atoms with van der Waals surface area (Å²) in [6, 6.07) is 4.17. The Morgan fingerprint density at radius 2 is 1.90 bits per heavy atom. The highest BCUT2D eigenvalue weighted by atomic mass is 16.5. The van der Waals surface area contributed by atoms with Crippen LogP contribution in [0, 0.1) is 5.92 Å². The van der Waals surface area contributed by atoms with E-state index in [1.54, 1.807) is 6.07 Å². The maximum Gasteiger partial charge on any atom is 0.244 e. The van der Waals surface area contributed by atoms with E-state index in [0.29, 0.717) is 23.2 Å². The van der Waals surface area contributed by atoms with Gasteiger partial charge in [-0.3, -0.25) is 0 Å². The fourth-order valence-corrected chi connectivity index (χ4v) is 2.85. The molecule has 2 aromatic rings. The first kappa shape index (κ1) is 13.9. The zero-order chi connectivity index (χ0) is 14.8. The van der Waals surface area contributed by atoms with E-state index >= 15 is 0 Å². The number of phenolic OH excluding ortho intramolecular Hbond substituents is 2. The van der Waals surface area contributed by atoms with E-state index in [4.69, 9.17) is 10.3 Å². The molecule has 3 rings (SSSR count). The molecule has 6 heteroatoms. The van der Waals surface area contributed by atoms with Crippen molar-refractivity contribution in [3.63, 3.8) is 0 Å². The molecule has 1 aromatic carbocycles. The van der Waals surface area contributed by atoms with Gasteiger partial charge in [0.2, 0.25) is 11.7 Å². The van der Waals surface area contributed by atoms with Gasteiger partial charge in [-0.25, -0.2) is 0 Å². The first-order valence-corrected chi connectivity index (χ1v) is 7.26. The molecule has 0 bridgehead atoms. The van der Waals surface area contributed by atoms with E-state index in [1.807, 2.05) is 0 Å². The molecule has 0 saturated heterocycles. The van der Waals surface area contributed by atoms with Crippen molar-refractivity contribution >= 4 is 0 Å². The van der Waals surface area contributed by atoms with Crippen LogP contribution in [0.3, 0.4) is 0 Å². The van der Waals surface area contributed by atoms with Crippen LogP contribution in [0.5, 0.6) is 11.5 Å². The predicted octanol–water partition coefficient (Wildman–Crippen LogP) is 2.73. The van der Waals surface area contributed by atoms with Crippen LogP contribution in [0.2, 0.25) is 0 Å². The van der Waals surface area contributed by atoms with Gasteiger partial charge in [-0.05, 0) is 37.0 Å². The normalized spacial score (nSPS) is 17.8. The average molecular weight is 289 g/mol. The number of hydrogen-bond acceptors (Lipinski definition) is 6. The lowest BCUT2D eigenvalue weighted by molar-refractivity contribution is 0.255. The first-order valence-electron chi connectivity index (χ1n) is 7.26. The highest BCUT2D eigenvalue weighted by Crippen LogP contribution is 2.34. The highest BCUT2D eigenvalue weighted by molar-refractivity contribution is 5.59. The monoisotopic (exact) mass is 289 g/mol. The number of nitrogens with two attached hydrogens (primary N) is 1.